The number of ether oxygens (including phenoxy) is 1. The Kier molecular flexibility index (Phi) is 3.70. The molecule has 0 bridgehead atoms. The topological polar surface area (TPSA) is 43.2 Å². The molecule has 1 aliphatic rings. The monoisotopic (exact) mass is 328 g/mol. The van der Waals surface area contributed by atoms with Crippen LogP contribution in [0.4, 0.5) is 8.78 Å². The molecule has 3 aromatic rings. The summed E-state index contributed by atoms with van der Waals surface area (Å²) in [4.78, 5) is 1.95. The van der Waals surface area contributed by atoms with E-state index in [2.05, 4.69) is 10.2 Å². The summed E-state index contributed by atoms with van der Waals surface area (Å²) in [7, 11) is 0. The molecule has 5 nitrogen and oxygen atoms in total. The summed E-state index contributed by atoms with van der Waals surface area (Å²) in [6.07, 6.45) is 3.24. The maximum absolute atomic E-state index is 13.8. The summed E-state index contributed by atoms with van der Waals surface area (Å²) in [6, 6.07) is 9.46. The van der Waals surface area contributed by atoms with E-state index in [9.17, 15) is 8.78 Å². The second-order valence-corrected chi connectivity index (χ2v) is 5.66. The van der Waals surface area contributed by atoms with Crippen LogP contribution in [0.2, 0.25) is 0 Å². The van der Waals surface area contributed by atoms with Crippen molar-refractivity contribution in [3.05, 3.63) is 71.8 Å². The van der Waals surface area contributed by atoms with Gasteiger partial charge in [0.2, 0.25) is 0 Å². The number of benzene rings is 2. The second-order valence-electron chi connectivity index (χ2n) is 5.66. The van der Waals surface area contributed by atoms with Crippen molar-refractivity contribution in [3.8, 4) is 11.4 Å². The van der Waals surface area contributed by atoms with E-state index in [4.69, 9.17) is 4.74 Å². The molecule has 7 heteroatoms. The van der Waals surface area contributed by atoms with Gasteiger partial charge in [-0.2, -0.15) is 0 Å². The van der Waals surface area contributed by atoms with Gasteiger partial charge in [-0.25, -0.2) is 8.78 Å². The Morgan fingerprint density at radius 1 is 1.04 bits per heavy atom. The molecule has 0 saturated carbocycles. The minimum Gasteiger partial charge on any atom is -0.478 e. The predicted molar refractivity (Wildman–Crippen MR) is 82.5 cm³/mol. The number of halogens is 2. The van der Waals surface area contributed by atoms with E-state index in [0.29, 0.717) is 25.4 Å². The lowest BCUT2D eigenvalue weighted by atomic mass is 10.1. The zero-order chi connectivity index (χ0) is 16.5. The third-order valence-electron chi connectivity index (χ3n) is 3.97. The molecule has 0 unspecified atom stereocenters. The highest BCUT2D eigenvalue weighted by Gasteiger charge is 2.19. The van der Waals surface area contributed by atoms with E-state index < -0.39 is 11.6 Å². The van der Waals surface area contributed by atoms with Crippen LogP contribution in [0.5, 0.6) is 5.75 Å². The van der Waals surface area contributed by atoms with Gasteiger partial charge >= 0.3 is 0 Å². The predicted octanol–water partition coefficient (Wildman–Crippen LogP) is 2.90. The molecule has 4 rings (SSSR count). The molecule has 1 aromatic heterocycles. The van der Waals surface area contributed by atoms with Gasteiger partial charge in [-0.05, 0) is 24.3 Å². The standard InChI is InChI=1S/C17H14F2N4O/c18-14-2-1-12(16(19)6-14)7-22-8-13-5-15(23-9-20-21-10-23)3-4-17(13)24-11-22/h1-6,9-10H,7-8,11H2. The van der Waals surface area contributed by atoms with Crippen molar-refractivity contribution in [3.63, 3.8) is 0 Å². The summed E-state index contributed by atoms with van der Waals surface area (Å²) in [5, 5.41) is 7.59. The maximum Gasteiger partial charge on any atom is 0.142 e. The average Bonchev–Trinajstić information content (AvgIpc) is 3.11. The van der Waals surface area contributed by atoms with Crippen molar-refractivity contribution in [2.24, 2.45) is 0 Å². The average molecular weight is 328 g/mol. The Morgan fingerprint density at radius 2 is 1.88 bits per heavy atom. The summed E-state index contributed by atoms with van der Waals surface area (Å²) in [5.41, 5.74) is 2.37. The minimum atomic E-state index is -0.574. The Labute approximate surface area is 137 Å². The van der Waals surface area contributed by atoms with Crippen molar-refractivity contribution in [1.82, 2.24) is 19.7 Å². The normalized spacial score (nSPS) is 14.2. The van der Waals surface area contributed by atoms with Gasteiger partial charge in [0.1, 0.15) is 36.8 Å². The van der Waals surface area contributed by atoms with Crippen LogP contribution in [0, 0.1) is 11.6 Å². The van der Waals surface area contributed by atoms with Crippen molar-refractivity contribution >= 4 is 0 Å². The van der Waals surface area contributed by atoms with Crippen molar-refractivity contribution in [1.29, 1.82) is 0 Å². The van der Waals surface area contributed by atoms with Crippen LogP contribution in [-0.2, 0) is 13.1 Å². The number of hydrogen-bond acceptors (Lipinski definition) is 4. The summed E-state index contributed by atoms with van der Waals surface area (Å²) >= 11 is 0. The highest BCUT2D eigenvalue weighted by atomic mass is 19.1. The Balaban J connectivity index is 1.55. The van der Waals surface area contributed by atoms with Gasteiger partial charge < -0.3 is 4.74 Å². The highest BCUT2D eigenvalue weighted by Crippen LogP contribution is 2.28. The Morgan fingerprint density at radius 3 is 2.67 bits per heavy atom. The molecule has 0 atom stereocenters. The number of hydrogen-bond donors (Lipinski definition) is 0. The first kappa shape index (κ1) is 14.8. The fourth-order valence-corrected chi connectivity index (χ4v) is 2.76. The molecule has 24 heavy (non-hydrogen) atoms. The van der Waals surface area contributed by atoms with E-state index in [1.54, 1.807) is 17.2 Å². The largest absolute Gasteiger partial charge is 0.478 e. The lowest BCUT2D eigenvalue weighted by molar-refractivity contribution is 0.0877. The molecule has 0 aliphatic carbocycles. The lowest BCUT2D eigenvalue weighted by Crippen LogP contribution is -2.31. The van der Waals surface area contributed by atoms with Gasteiger partial charge in [-0.15, -0.1) is 10.2 Å². The molecular weight excluding hydrogens is 314 g/mol. The molecule has 0 radical (unpaired) electrons. The van der Waals surface area contributed by atoms with E-state index in [0.717, 1.165) is 23.1 Å². The van der Waals surface area contributed by atoms with Crippen LogP contribution in [0.1, 0.15) is 11.1 Å². The zero-order valence-electron chi connectivity index (χ0n) is 12.7. The first-order valence-electron chi connectivity index (χ1n) is 7.46. The van der Waals surface area contributed by atoms with Crippen molar-refractivity contribution in [2.45, 2.75) is 13.1 Å². The number of aromatic nitrogens is 3. The smallest absolute Gasteiger partial charge is 0.142 e. The third kappa shape index (κ3) is 2.85. The molecule has 0 fully saturated rings. The first-order valence-corrected chi connectivity index (χ1v) is 7.46. The number of rotatable bonds is 3. The SMILES string of the molecule is Fc1ccc(CN2COc3ccc(-n4cnnc4)cc3C2)c(F)c1. The Hall–Kier alpha value is -2.80. The van der Waals surface area contributed by atoms with Gasteiger partial charge in [0.25, 0.3) is 0 Å². The van der Waals surface area contributed by atoms with Crippen LogP contribution >= 0.6 is 0 Å². The number of fused-ring (bicyclic) bond motifs is 1. The van der Waals surface area contributed by atoms with Crippen LogP contribution < -0.4 is 4.74 Å². The molecule has 0 saturated heterocycles. The van der Waals surface area contributed by atoms with E-state index in [1.807, 2.05) is 23.1 Å². The molecule has 122 valence electrons. The quantitative estimate of drug-likeness (QED) is 0.741. The third-order valence-corrected chi connectivity index (χ3v) is 3.97. The molecular formula is C17H14F2N4O. The number of nitrogens with zero attached hydrogens (tertiary/aromatic N) is 4. The van der Waals surface area contributed by atoms with Crippen LogP contribution in [0.3, 0.4) is 0 Å². The summed E-state index contributed by atoms with van der Waals surface area (Å²) < 4.78 is 34.4. The fourth-order valence-electron chi connectivity index (χ4n) is 2.76. The summed E-state index contributed by atoms with van der Waals surface area (Å²) in [5.74, 6) is -0.309. The van der Waals surface area contributed by atoms with Crippen LogP contribution in [-0.4, -0.2) is 26.4 Å². The zero-order valence-corrected chi connectivity index (χ0v) is 12.7. The highest BCUT2D eigenvalue weighted by molar-refractivity contribution is 5.44. The van der Waals surface area contributed by atoms with Crippen LogP contribution in [0.25, 0.3) is 5.69 Å². The van der Waals surface area contributed by atoms with Crippen molar-refractivity contribution < 1.29 is 13.5 Å². The Bertz CT molecular complexity index is 867. The fraction of sp³-hybridized carbons (Fsp3) is 0.176. The van der Waals surface area contributed by atoms with E-state index in [1.165, 1.54) is 12.1 Å². The molecule has 0 N–H and O–H groups in total. The van der Waals surface area contributed by atoms with Crippen LogP contribution in [0.15, 0.2) is 49.1 Å². The lowest BCUT2D eigenvalue weighted by Gasteiger charge is -2.29. The minimum absolute atomic E-state index is 0.350. The van der Waals surface area contributed by atoms with Gasteiger partial charge in [-0.3, -0.25) is 9.47 Å². The molecule has 0 spiro atoms. The maximum atomic E-state index is 13.8. The van der Waals surface area contributed by atoms with Gasteiger partial charge in [0.15, 0.2) is 0 Å². The van der Waals surface area contributed by atoms with Gasteiger partial charge in [0.05, 0.1) is 0 Å². The molecule has 1 aliphatic heterocycles. The molecule has 0 amide bonds. The van der Waals surface area contributed by atoms with E-state index >= 15 is 0 Å². The van der Waals surface area contributed by atoms with E-state index in [-0.39, 0.29) is 0 Å². The first-order chi connectivity index (χ1) is 11.7. The van der Waals surface area contributed by atoms with Gasteiger partial charge in [0, 0.05) is 36.0 Å². The summed E-state index contributed by atoms with van der Waals surface area (Å²) in [6.45, 7) is 1.32. The molecule has 2 aromatic carbocycles. The molecule has 2 heterocycles. The van der Waals surface area contributed by atoms with Crippen molar-refractivity contribution in [2.75, 3.05) is 6.73 Å². The second kappa shape index (κ2) is 6.01. The van der Waals surface area contributed by atoms with Gasteiger partial charge in [-0.1, -0.05) is 6.07 Å².